The third-order valence-electron chi connectivity index (χ3n) is 2.23. The van der Waals surface area contributed by atoms with Crippen molar-refractivity contribution in [2.75, 3.05) is 6.54 Å². The number of amides is 1. The van der Waals surface area contributed by atoms with Crippen LogP contribution in [0.25, 0.3) is 6.08 Å². The molecule has 3 N–H and O–H groups in total. The molecule has 0 spiro atoms. The van der Waals surface area contributed by atoms with Gasteiger partial charge in [0, 0.05) is 13.1 Å². The first kappa shape index (κ1) is 15.2. The Morgan fingerprint density at radius 1 is 1.42 bits per heavy atom. The average molecular weight is 262 g/mol. The highest BCUT2D eigenvalue weighted by atomic mass is 16.6. The van der Waals surface area contributed by atoms with Gasteiger partial charge in [0.2, 0.25) is 0 Å². The second-order valence-electron chi connectivity index (χ2n) is 5.24. The van der Waals surface area contributed by atoms with Crippen molar-refractivity contribution < 1.29 is 9.53 Å². The molecular formula is C15H22N2O2. The standard InChI is InChI=1S/C15H22N2O2/c1-15(2,3)19-14(18)17-11-13-7-4-6-12(10-13)8-5-9-16/h4-8,10H,9,11,16H2,1-3H3,(H,17,18). The number of hydrogen-bond donors (Lipinski definition) is 2. The van der Waals surface area contributed by atoms with Crippen LogP contribution in [0.2, 0.25) is 0 Å². The van der Waals surface area contributed by atoms with Crippen molar-refractivity contribution in [3.63, 3.8) is 0 Å². The van der Waals surface area contributed by atoms with Gasteiger partial charge in [0.25, 0.3) is 0 Å². The molecule has 0 bridgehead atoms. The van der Waals surface area contributed by atoms with Gasteiger partial charge in [-0.25, -0.2) is 4.79 Å². The van der Waals surface area contributed by atoms with E-state index in [9.17, 15) is 4.79 Å². The van der Waals surface area contributed by atoms with E-state index in [0.717, 1.165) is 11.1 Å². The van der Waals surface area contributed by atoms with Gasteiger partial charge in [0.1, 0.15) is 5.60 Å². The minimum Gasteiger partial charge on any atom is -0.444 e. The first-order valence-corrected chi connectivity index (χ1v) is 6.33. The van der Waals surface area contributed by atoms with Gasteiger partial charge in [-0.3, -0.25) is 0 Å². The summed E-state index contributed by atoms with van der Waals surface area (Å²) in [4.78, 5) is 11.5. The van der Waals surface area contributed by atoms with Crippen LogP contribution in [0.15, 0.2) is 30.3 Å². The van der Waals surface area contributed by atoms with Crippen LogP contribution in [0.1, 0.15) is 31.9 Å². The van der Waals surface area contributed by atoms with E-state index in [1.54, 1.807) is 0 Å². The molecule has 0 saturated carbocycles. The van der Waals surface area contributed by atoms with Crippen LogP contribution in [0, 0.1) is 0 Å². The van der Waals surface area contributed by atoms with Gasteiger partial charge in [-0.1, -0.05) is 30.4 Å². The van der Waals surface area contributed by atoms with Crippen molar-refractivity contribution in [3.05, 3.63) is 41.5 Å². The molecule has 0 aliphatic heterocycles. The van der Waals surface area contributed by atoms with Crippen LogP contribution in [-0.4, -0.2) is 18.2 Å². The van der Waals surface area contributed by atoms with Gasteiger partial charge in [-0.15, -0.1) is 0 Å². The van der Waals surface area contributed by atoms with Gasteiger partial charge < -0.3 is 15.8 Å². The lowest BCUT2D eigenvalue weighted by atomic mass is 10.1. The molecule has 0 saturated heterocycles. The number of hydrogen-bond acceptors (Lipinski definition) is 3. The largest absolute Gasteiger partial charge is 0.444 e. The Hall–Kier alpha value is -1.81. The van der Waals surface area contributed by atoms with E-state index in [2.05, 4.69) is 5.32 Å². The molecule has 0 fully saturated rings. The summed E-state index contributed by atoms with van der Waals surface area (Å²) in [6.45, 7) is 6.47. The van der Waals surface area contributed by atoms with Crippen LogP contribution in [-0.2, 0) is 11.3 Å². The van der Waals surface area contributed by atoms with Gasteiger partial charge in [-0.05, 0) is 38.0 Å². The quantitative estimate of drug-likeness (QED) is 0.876. The molecule has 0 aromatic heterocycles. The second-order valence-corrected chi connectivity index (χ2v) is 5.24. The Morgan fingerprint density at radius 2 is 2.16 bits per heavy atom. The lowest BCUT2D eigenvalue weighted by Gasteiger charge is -2.19. The maximum absolute atomic E-state index is 11.5. The fourth-order valence-electron chi connectivity index (χ4n) is 1.50. The van der Waals surface area contributed by atoms with Crippen molar-refractivity contribution in [2.45, 2.75) is 32.9 Å². The zero-order chi connectivity index (χ0) is 14.3. The van der Waals surface area contributed by atoms with E-state index < -0.39 is 11.7 Å². The molecule has 0 unspecified atom stereocenters. The van der Waals surface area contributed by atoms with E-state index in [1.807, 2.05) is 57.2 Å². The summed E-state index contributed by atoms with van der Waals surface area (Å²) in [5.41, 5.74) is 7.02. The van der Waals surface area contributed by atoms with E-state index in [-0.39, 0.29) is 0 Å². The Labute approximate surface area is 114 Å². The summed E-state index contributed by atoms with van der Waals surface area (Å²) in [5.74, 6) is 0. The molecule has 4 nitrogen and oxygen atoms in total. The molecule has 1 aromatic carbocycles. The molecule has 4 heteroatoms. The summed E-state index contributed by atoms with van der Waals surface area (Å²) in [6, 6.07) is 7.89. The number of carbonyl (C=O) groups excluding carboxylic acids is 1. The van der Waals surface area contributed by atoms with E-state index >= 15 is 0 Å². The maximum atomic E-state index is 11.5. The Kier molecular flexibility index (Phi) is 5.57. The predicted molar refractivity (Wildman–Crippen MR) is 77.6 cm³/mol. The topological polar surface area (TPSA) is 64.3 Å². The molecule has 0 heterocycles. The Morgan fingerprint density at radius 3 is 2.79 bits per heavy atom. The number of nitrogens with two attached hydrogens (primary N) is 1. The van der Waals surface area contributed by atoms with Crippen LogP contribution in [0.4, 0.5) is 4.79 Å². The number of ether oxygens (including phenoxy) is 1. The molecule has 104 valence electrons. The minimum absolute atomic E-state index is 0.407. The van der Waals surface area contributed by atoms with Crippen LogP contribution in [0.3, 0.4) is 0 Å². The third-order valence-corrected chi connectivity index (χ3v) is 2.23. The zero-order valence-electron chi connectivity index (χ0n) is 11.8. The van der Waals surface area contributed by atoms with Crippen molar-refractivity contribution in [2.24, 2.45) is 5.73 Å². The zero-order valence-corrected chi connectivity index (χ0v) is 11.8. The molecule has 0 atom stereocenters. The van der Waals surface area contributed by atoms with Gasteiger partial charge in [0.05, 0.1) is 0 Å². The van der Waals surface area contributed by atoms with Crippen molar-refractivity contribution in [1.82, 2.24) is 5.32 Å². The fourth-order valence-corrected chi connectivity index (χ4v) is 1.50. The smallest absolute Gasteiger partial charge is 0.407 e. The first-order chi connectivity index (χ1) is 8.90. The lowest BCUT2D eigenvalue weighted by Crippen LogP contribution is -2.32. The number of carbonyl (C=O) groups is 1. The monoisotopic (exact) mass is 262 g/mol. The highest BCUT2D eigenvalue weighted by molar-refractivity contribution is 5.67. The number of alkyl carbamates (subject to hydrolysis) is 1. The highest BCUT2D eigenvalue weighted by Crippen LogP contribution is 2.09. The molecule has 1 amide bonds. The summed E-state index contributed by atoms with van der Waals surface area (Å²) < 4.78 is 5.17. The molecule has 1 rings (SSSR count). The van der Waals surface area contributed by atoms with E-state index in [1.165, 1.54) is 0 Å². The van der Waals surface area contributed by atoms with Crippen LogP contribution >= 0.6 is 0 Å². The van der Waals surface area contributed by atoms with Gasteiger partial charge in [0.15, 0.2) is 0 Å². The third kappa shape index (κ3) is 6.62. The molecule has 0 aliphatic carbocycles. The summed E-state index contributed by atoms with van der Waals surface area (Å²) in [5, 5.41) is 2.73. The minimum atomic E-state index is -0.476. The summed E-state index contributed by atoms with van der Waals surface area (Å²) >= 11 is 0. The number of nitrogens with one attached hydrogen (secondary N) is 1. The number of benzene rings is 1. The van der Waals surface area contributed by atoms with Crippen molar-refractivity contribution in [1.29, 1.82) is 0 Å². The normalized spacial score (nSPS) is 11.6. The molecular weight excluding hydrogens is 240 g/mol. The SMILES string of the molecule is CC(C)(C)OC(=O)NCc1cccc(C=CCN)c1. The number of rotatable bonds is 4. The van der Waals surface area contributed by atoms with Crippen LogP contribution in [0.5, 0.6) is 0 Å². The van der Waals surface area contributed by atoms with Gasteiger partial charge in [-0.2, -0.15) is 0 Å². The van der Waals surface area contributed by atoms with E-state index in [0.29, 0.717) is 13.1 Å². The lowest BCUT2D eigenvalue weighted by molar-refractivity contribution is 0.0523. The predicted octanol–water partition coefficient (Wildman–Crippen LogP) is 2.68. The summed E-state index contributed by atoms with van der Waals surface area (Å²) in [6.07, 6.45) is 3.44. The highest BCUT2D eigenvalue weighted by Gasteiger charge is 2.15. The fraction of sp³-hybridized carbons (Fsp3) is 0.400. The van der Waals surface area contributed by atoms with E-state index in [4.69, 9.17) is 10.5 Å². The van der Waals surface area contributed by atoms with Crippen molar-refractivity contribution in [3.8, 4) is 0 Å². The molecule has 19 heavy (non-hydrogen) atoms. The molecule has 0 aliphatic rings. The molecule has 1 aromatic rings. The Bertz CT molecular complexity index is 448. The summed E-state index contributed by atoms with van der Waals surface area (Å²) in [7, 11) is 0. The maximum Gasteiger partial charge on any atom is 0.407 e. The Balaban J connectivity index is 2.54. The second kappa shape index (κ2) is 6.95. The first-order valence-electron chi connectivity index (χ1n) is 6.33. The van der Waals surface area contributed by atoms with Crippen LogP contribution < -0.4 is 11.1 Å². The van der Waals surface area contributed by atoms with Crippen molar-refractivity contribution >= 4 is 12.2 Å². The average Bonchev–Trinajstić information content (AvgIpc) is 2.32. The molecule has 0 radical (unpaired) electrons. The van der Waals surface area contributed by atoms with Gasteiger partial charge >= 0.3 is 6.09 Å².